The first-order valence-corrected chi connectivity index (χ1v) is 3.39. The Morgan fingerprint density at radius 3 is 2.60 bits per heavy atom. The molecule has 0 radical (unpaired) electrons. The van der Waals surface area contributed by atoms with Crippen LogP contribution in [0.25, 0.3) is 0 Å². The highest BCUT2D eigenvalue weighted by atomic mass is 16.5. The topological polar surface area (TPSA) is 66.6 Å². The summed E-state index contributed by atoms with van der Waals surface area (Å²) < 4.78 is 0. The van der Waals surface area contributed by atoms with Crippen molar-refractivity contribution >= 4 is 5.91 Å². The molecule has 0 saturated carbocycles. The van der Waals surface area contributed by atoms with Crippen LogP contribution in [0.4, 0.5) is 0 Å². The number of carbonyl (C=O) groups excluding carboxylic acids is 1. The maximum absolute atomic E-state index is 10.2. The van der Waals surface area contributed by atoms with Crippen LogP contribution in [0.3, 0.4) is 0 Å². The SMILES string of the molecule is CCCN(O)CCC(N)=O. The molecule has 3 N–H and O–H groups in total. The fourth-order valence-corrected chi connectivity index (χ4v) is 0.609. The van der Waals surface area contributed by atoms with Crippen LogP contribution in [-0.4, -0.2) is 29.3 Å². The van der Waals surface area contributed by atoms with Crippen LogP contribution >= 0.6 is 0 Å². The number of nitrogens with zero attached hydrogens (tertiary/aromatic N) is 1. The molecular formula is C6H14N2O2. The van der Waals surface area contributed by atoms with E-state index < -0.39 is 0 Å². The van der Waals surface area contributed by atoms with Crippen LogP contribution < -0.4 is 5.73 Å². The Labute approximate surface area is 60.6 Å². The summed E-state index contributed by atoms with van der Waals surface area (Å²) in [6, 6.07) is 0. The van der Waals surface area contributed by atoms with Gasteiger partial charge in [0.2, 0.25) is 5.91 Å². The van der Waals surface area contributed by atoms with E-state index in [4.69, 9.17) is 10.9 Å². The second-order valence-corrected chi connectivity index (χ2v) is 2.17. The minimum absolute atomic E-state index is 0.219. The van der Waals surface area contributed by atoms with Crippen LogP contribution in [0.15, 0.2) is 0 Å². The summed E-state index contributed by atoms with van der Waals surface area (Å²) in [6.45, 7) is 2.88. The molecule has 0 aromatic carbocycles. The molecule has 0 spiro atoms. The summed E-state index contributed by atoms with van der Waals surface area (Å²) in [7, 11) is 0. The second kappa shape index (κ2) is 5.20. The third-order valence-electron chi connectivity index (χ3n) is 1.10. The number of primary amides is 1. The van der Waals surface area contributed by atoms with Crippen molar-refractivity contribution in [2.45, 2.75) is 19.8 Å². The third kappa shape index (κ3) is 5.53. The number of nitrogens with two attached hydrogens (primary N) is 1. The van der Waals surface area contributed by atoms with Crippen LogP contribution in [0.2, 0.25) is 0 Å². The Morgan fingerprint density at radius 2 is 2.20 bits per heavy atom. The van der Waals surface area contributed by atoms with Crippen LogP contribution in [0, 0.1) is 0 Å². The average molecular weight is 146 g/mol. The van der Waals surface area contributed by atoms with Crippen molar-refractivity contribution in [2.75, 3.05) is 13.1 Å². The number of carbonyl (C=O) groups is 1. The van der Waals surface area contributed by atoms with Gasteiger partial charge in [-0.1, -0.05) is 6.92 Å². The normalized spacial score (nSPS) is 10.3. The van der Waals surface area contributed by atoms with Crippen LogP contribution in [0.5, 0.6) is 0 Å². The Hall–Kier alpha value is -0.610. The van der Waals surface area contributed by atoms with Gasteiger partial charge in [0.05, 0.1) is 0 Å². The standard InChI is InChI=1S/C6H14N2O2/c1-2-4-8(10)5-3-6(7)9/h10H,2-5H2,1H3,(H2,7,9). The van der Waals surface area contributed by atoms with E-state index in [0.29, 0.717) is 13.1 Å². The van der Waals surface area contributed by atoms with Crippen molar-refractivity contribution in [2.24, 2.45) is 5.73 Å². The molecule has 0 unspecified atom stereocenters. The summed E-state index contributed by atoms with van der Waals surface area (Å²) in [5, 5.41) is 10.0. The van der Waals surface area contributed by atoms with Gasteiger partial charge in [0.15, 0.2) is 0 Å². The molecule has 60 valence electrons. The predicted molar refractivity (Wildman–Crippen MR) is 37.5 cm³/mol. The van der Waals surface area contributed by atoms with Gasteiger partial charge in [-0.3, -0.25) is 4.79 Å². The van der Waals surface area contributed by atoms with Gasteiger partial charge in [-0.2, -0.15) is 5.06 Å². The maximum Gasteiger partial charge on any atom is 0.218 e. The molecule has 4 nitrogen and oxygen atoms in total. The van der Waals surface area contributed by atoms with Gasteiger partial charge < -0.3 is 10.9 Å². The highest BCUT2D eigenvalue weighted by Crippen LogP contribution is 1.87. The molecule has 1 amide bonds. The van der Waals surface area contributed by atoms with Crippen molar-refractivity contribution < 1.29 is 10.0 Å². The summed E-state index contributed by atoms with van der Waals surface area (Å²) in [6.07, 6.45) is 1.09. The van der Waals surface area contributed by atoms with E-state index in [1.807, 2.05) is 6.92 Å². The molecule has 0 aromatic heterocycles. The minimum atomic E-state index is -0.379. The fourth-order valence-electron chi connectivity index (χ4n) is 0.609. The lowest BCUT2D eigenvalue weighted by Gasteiger charge is -2.10. The molecule has 0 aliphatic carbocycles. The zero-order valence-corrected chi connectivity index (χ0v) is 6.21. The van der Waals surface area contributed by atoms with Crippen molar-refractivity contribution in [1.29, 1.82) is 0 Å². The van der Waals surface area contributed by atoms with Gasteiger partial charge in [0.1, 0.15) is 0 Å². The quantitative estimate of drug-likeness (QED) is 0.535. The van der Waals surface area contributed by atoms with Crippen molar-refractivity contribution in [3.05, 3.63) is 0 Å². The maximum atomic E-state index is 10.2. The molecule has 0 saturated heterocycles. The van der Waals surface area contributed by atoms with Gasteiger partial charge in [0.25, 0.3) is 0 Å². The van der Waals surface area contributed by atoms with E-state index in [9.17, 15) is 4.79 Å². The average Bonchev–Trinajstić information content (AvgIpc) is 1.85. The first-order chi connectivity index (χ1) is 4.66. The molecule has 0 aliphatic rings. The summed E-state index contributed by atoms with van der Waals surface area (Å²) in [4.78, 5) is 10.2. The molecule has 4 heteroatoms. The van der Waals surface area contributed by atoms with E-state index in [1.165, 1.54) is 0 Å². The largest absolute Gasteiger partial charge is 0.370 e. The summed E-state index contributed by atoms with van der Waals surface area (Å²) in [5.74, 6) is -0.379. The van der Waals surface area contributed by atoms with Crippen molar-refractivity contribution in [3.8, 4) is 0 Å². The Kier molecular flexibility index (Phi) is 4.88. The van der Waals surface area contributed by atoms with E-state index in [0.717, 1.165) is 11.5 Å². The highest BCUT2D eigenvalue weighted by molar-refractivity contribution is 5.73. The Balaban J connectivity index is 3.21. The van der Waals surface area contributed by atoms with Crippen LogP contribution in [0.1, 0.15) is 19.8 Å². The van der Waals surface area contributed by atoms with E-state index >= 15 is 0 Å². The lowest BCUT2D eigenvalue weighted by atomic mass is 10.4. The fraction of sp³-hybridized carbons (Fsp3) is 0.833. The van der Waals surface area contributed by atoms with Crippen LogP contribution in [-0.2, 0) is 4.79 Å². The summed E-state index contributed by atoms with van der Waals surface area (Å²) >= 11 is 0. The smallest absolute Gasteiger partial charge is 0.218 e. The summed E-state index contributed by atoms with van der Waals surface area (Å²) in [5.41, 5.74) is 4.86. The van der Waals surface area contributed by atoms with Crippen molar-refractivity contribution in [3.63, 3.8) is 0 Å². The predicted octanol–water partition coefficient (Wildman–Crippen LogP) is -0.0370. The number of hydrogen-bond donors (Lipinski definition) is 2. The van der Waals surface area contributed by atoms with Gasteiger partial charge in [-0.15, -0.1) is 0 Å². The first kappa shape index (κ1) is 9.39. The van der Waals surface area contributed by atoms with E-state index in [1.54, 1.807) is 0 Å². The Morgan fingerprint density at radius 1 is 1.60 bits per heavy atom. The van der Waals surface area contributed by atoms with Gasteiger partial charge in [-0.25, -0.2) is 0 Å². The number of rotatable bonds is 5. The molecule has 10 heavy (non-hydrogen) atoms. The van der Waals surface area contributed by atoms with Gasteiger partial charge >= 0.3 is 0 Å². The first-order valence-electron chi connectivity index (χ1n) is 3.39. The monoisotopic (exact) mass is 146 g/mol. The number of hydroxylamine groups is 2. The van der Waals surface area contributed by atoms with E-state index in [2.05, 4.69) is 0 Å². The molecule has 0 fully saturated rings. The molecule has 0 atom stereocenters. The third-order valence-corrected chi connectivity index (χ3v) is 1.10. The second-order valence-electron chi connectivity index (χ2n) is 2.17. The number of hydrogen-bond acceptors (Lipinski definition) is 3. The molecule has 0 aromatic rings. The minimum Gasteiger partial charge on any atom is -0.370 e. The van der Waals surface area contributed by atoms with E-state index in [-0.39, 0.29) is 12.3 Å². The molecule has 0 rings (SSSR count). The molecule has 0 aliphatic heterocycles. The number of amides is 1. The van der Waals surface area contributed by atoms with Gasteiger partial charge in [-0.05, 0) is 6.42 Å². The molecule has 0 heterocycles. The lowest BCUT2D eigenvalue weighted by Crippen LogP contribution is -2.25. The Bertz CT molecular complexity index is 106. The molecular weight excluding hydrogens is 132 g/mol. The zero-order chi connectivity index (χ0) is 7.98. The lowest BCUT2D eigenvalue weighted by molar-refractivity contribution is -0.124. The molecule has 0 bridgehead atoms. The highest BCUT2D eigenvalue weighted by Gasteiger charge is 1.99. The zero-order valence-electron chi connectivity index (χ0n) is 6.21. The van der Waals surface area contributed by atoms with Crippen molar-refractivity contribution in [1.82, 2.24) is 5.06 Å². The van der Waals surface area contributed by atoms with Gasteiger partial charge in [0, 0.05) is 19.5 Å².